The molecule has 178 valence electrons. The molecule has 1 aliphatic rings. The third-order valence-corrected chi connectivity index (χ3v) is 7.02. The quantitative estimate of drug-likeness (QED) is 0.313. The Morgan fingerprint density at radius 3 is 2.27 bits per heavy atom. The van der Waals surface area contributed by atoms with E-state index in [0.717, 1.165) is 37.6 Å². The van der Waals surface area contributed by atoms with Gasteiger partial charge in [0.1, 0.15) is 12.3 Å². The van der Waals surface area contributed by atoms with Crippen LogP contribution in [-0.2, 0) is 4.79 Å². The number of para-hydroxylation sites is 2. The first-order valence-electron chi connectivity index (χ1n) is 10.6. The maximum absolute atomic E-state index is 12.6. The molecular formula is C24H29Cl2N3O2S2. The Balaban J connectivity index is 0.00000193. The van der Waals surface area contributed by atoms with Crippen LogP contribution in [0.25, 0.3) is 5.57 Å². The highest BCUT2D eigenvalue weighted by molar-refractivity contribution is 7.08. The lowest BCUT2D eigenvalue weighted by atomic mass is 10.0. The van der Waals surface area contributed by atoms with E-state index in [2.05, 4.69) is 50.7 Å². The van der Waals surface area contributed by atoms with Crippen LogP contribution < -0.4 is 44.7 Å². The van der Waals surface area contributed by atoms with Gasteiger partial charge in [0, 0.05) is 0 Å². The zero-order chi connectivity index (χ0) is 21.5. The fourth-order valence-electron chi connectivity index (χ4n) is 4.00. The predicted octanol–water partition coefficient (Wildman–Crippen LogP) is -4.25. The fraction of sp³-hybridized carbons (Fsp3) is 0.292. The van der Waals surface area contributed by atoms with E-state index in [4.69, 9.17) is 4.74 Å². The van der Waals surface area contributed by atoms with E-state index in [1.807, 2.05) is 23.5 Å². The first kappa shape index (κ1) is 27.4. The molecule has 0 spiro atoms. The zero-order valence-electron chi connectivity index (χ0n) is 18.5. The van der Waals surface area contributed by atoms with E-state index in [-0.39, 0.29) is 30.7 Å². The summed E-state index contributed by atoms with van der Waals surface area (Å²) < 4.78 is 5.50. The Labute approximate surface area is 215 Å². The number of nitrogens with one attached hydrogen (secondary N) is 1. The number of amides is 1. The number of carbonyl (C=O) groups is 1. The van der Waals surface area contributed by atoms with Crippen LogP contribution in [0.5, 0.6) is 5.75 Å². The second-order valence-electron chi connectivity index (χ2n) is 7.63. The maximum atomic E-state index is 12.6. The van der Waals surface area contributed by atoms with Crippen molar-refractivity contribution in [3.63, 3.8) is 0 Å². The number of rotatable bonds is 8. The Kier molecular flexibility index (Phi) is 11.4. The lowest BCUT2D eigenvalue weighted by Crippen LogP contribution is -3.18. The molecule has 0 bridgehead atoms. The van der Waals surface area contributed by atoms with Crippen LogP contribution in [-0.4, -0.2) is 52.3 Å². The number of quaternary nitrogens is 2. The van der Waals surface area contributed by atoms with Crippen molar-refractivity contribution in [2.75, 3.05) is 51.3 Å². The summed E-state index contributed by atoms with van der Waals surface area (Å²) in [5.74, 6) is 1.14. The van der Waals surface area contributed by atoms with Crippen LogP contribution in [0.1, 0.15) is 11.1 Å². The second kappa shape index (κ2) is 13.7. The summed E-state index contributed by atoms with van der Waals surface area (Å²) in [4.78, 5) is 16.3. The predicted molar refractivity (Wildman–Crippen MR) is 128 cm³/mol. The van der Waals surface area contributed by atoms with Crippen molar-refractivity contribution in [1.29, 1.82) is 0 Å². The number of hydrogen-bond acceptors (Lipinski definition) is 5. The molecule has 0 saturated carbocycles. The van der Waals surface area contributed by atoms with Crippen LogP contribution in [0.3, 0.4) is 0 Å². The fourth-order valence-corrected chi connectivity index (χ4v) is 5.31. The number of nitrogens with two attached hydrogens (primary N) is 1. The van der Waals surface area contributed by atoms with Crippen LogP contribution in [0.2, 0.25) is 0 Å². The highest BCUT2D eigenvalue weighted by atomic mass is 35.5. The summed E-state index contributed by atoms with van der Waals surface area (Å²) in [5.41, 5.74) is 4.80. The second-order valence-corrected chi connectivity index (χ2v) is 9.19. The van der Waals surface area contributed by atoms with Gasteiger partial charge in [-0.15, -0.1) is 0 Å². The summed E-state index contributed by atoms with van der Waals surface area (Å²) in [6, 6.07) is 12.4. The third kappa shape index (κ3) is 7.30. The number of anilines is 1. The van der Waals surface area contributed by atoms with Crippen LogP contribution in [0.4, 0.5) is 5.69 Å². The zero-order valence-corrected chi connectivity index (χ0v) is 21.7. The van der Waals surface area contributed by atoms with Gasteiger partial charge in [0.2, 0.25) is 0 Å². The smallest absolute Gasteiger partial charge is 0.365 e. The molecule has 3 N–H and O–H groups in total. The number of hydrogen-bond donors (Lipinski definition) is 2. The standard InChI is InChI=1S/C24H27N3O2S2.2ClH/c1-29-23-5-3-2-4-22(23)27-12-10-26(11-13-27)16-24(28)25-9-6-21(19-7-14-30-17-19)20-8-15-31-18-20;;/h2-8,14-15,17-18H,9-13,16H2,1H3,(H,25,28);2*1H. The van der Waals surface area contributed by atoms with E-state index in [0.29, 0.717) is 13.1 Å². The van der Waals surface area contributed by atoms with Gasteiger partial charge >= 0.3 is 5.91 Å². The van der Waals surface area contributed by atoms with Gasteiger partial charge in [0.25, 0.3) is 0 Å². The Morgan fingerprint density at radius 1 is 1.06 bits per heavy atom. The van der Waals surface area contributed by atoms with Crippen molar-refractivity contribution >= 4 is 39.8 Å². The summed E-state index contributed by atoms with van der Waals surface area (Å²) >= 11 is 3.40. The third-order valence-electron chi connectivity index (χ3n) is 5.65. The number of thiophene rings is 2. The minimum Gasteiger partial charge on any atom is -1.00 e. The number of nitrogens with zero attached hydrogens (tertiary/aromatic N) is 1. The topological polar surface area (TPSA) is 50.6 Å². The Bertz CT molecular complexity index is 966. The monoisotopic (exact) mass is 525 g/mol. The molecular weight excluding hydrogens is 497 g/mol. The first-order chi connectivity index (χ1) is 15.2. The number of ether oxygens (including phenoxy) is 1. The van der Waals surface area contributed by atoms with Crippen molar-refractivity contribution in [2.24, 2.45) is 0 Å². The van der Waals surface area contributed by atoms with Gasteiger partial charge in [-0.1, -0.05) is 12.1 Å². The molecule has 3 aromatic rings. The molecule has 4 rings (SSSR count). The molecule has 5 nitrogen and oxygen atoms in total. The van der Waals surface area contributed by atoms with Gasteiger partial charge in [0.15, 0.2) is 6.54 Å². The minimum atomic E-state index is 0. The summed E-state index contributed by atoms with van der Waals surface area (Å²) in [6.07, 6.45) is 2.18. The van der Waals surface area contributed by atoms with Crippen molar-refractivity contribution in [3.05, 3.63) is 75.1 Å². The molecule has 0 radical (unpaired) electrons. The van der Waals surface area contributed by atoms with Crippen LogP contribution in [0.15, 0.2) is 64.0 Å². The number of piperazine rings is 1. The number of benzene rings is 1. The summed E-state index contributed by atoms with van der Waals surface area (Å²) in [6.45, 7) is 5.03. The highest BCUT2D eigenvalue weighted by Crippen LogP contribution is 2.27. The first-order valence-corrected chi connectivity index (χ1v) is 12.5. The Morgan fingerprint density at radius 2 is 1.70 bits per heavy atom. The molecule has 1 aliphatic heterocycles. The minimum absolute atomic E-state index is 0. The van der Waals surface area contributed by atoms with E-state index in [1.165, 1.54) is 21.6 Å². The normalized spacial score (nSPS) is 13.5. The SMILES string of the molecule is COc1ccccc1N1CC[NH+](CC(=O)[NH2+]CC=C(c2ccsc2)c2ccsc2)CC1.[Cl-].[Cl-]. The highest BCUT2D eigenvalue weighted by Gasteiger charge is 2.25. The number of carbonyl (C=O) groups excluding carboxylic acids is 1. The van der Waals surface area contributed by atoms with Crippen molar-refractivity contribution in [1.82, 2.24) is 0 Å². The van der Waals surface area contributed by atoms with E-state index < -0.39 is 0 Å². The lowest BCUT2D eigenvalue weighted by molar-refractivity contribution is -0.897. The van der Waals surface area contributed by atoms with Gasteiger partial charge in [-0.2, -0.15) is 22.7 Å². The van der Waals surface area contributed by atoms with Crippen LogP contribution >= 0.6 is 22.7 Å². The van der Waals surface area contributed by atoms with E-state index in [1.54, 1.807) is 29.8 Å². The van der Waals surface area contributed by atoms with Gasteiger partial charge in [-0.05, 0) is 68.6 Å². The van der Waals surface area contributed by atoms with Gasteiger partial charge in [-0.25, -0.2) is 4.79 Å². The number of primary amides is 1. The summed E-state index contributed by atoms with van der Waals surface area (Å²) in [7, 11) is 1.71. The Hall–Kier alpha value is -1.87. The molecule has 1 saturated heterocycles. The maximum Gasteiger partial charge on any atom is 0.365 e. The van der Waals surface area contributed by atoms with E-state index in [9.17, 15) is 4.79 Å². The molecule has 33 heavy (non-hydrogen) atoms. The van der Waals surface area contributed by atoms with Crippen molar-refractivity contribution in [3.8, 4) is 5.75 Å². The van der Waals surface area contributed by atoms with Crippen molar-refractivity contribution < 1.29 is 44.6 Å². The van der Waals surface area contributed by atoms with Gasteiger partial charge < -0.3 is 39.4 Å². The number of methoxy groups -OCH3 is 1. The van der Waals surface area contributed by atoms with E-state index >= 15 is 0 Å². The molecule has 0 atom stereocenters. The van der Waals surface area contributed by atoms with Crippen LogP contribution in [0, 0.1) is 0 Å². The molecule has 1 amide bonds. The molecule has 0 aliphatic carbocycles. The lowest BCUT2D eigenvalue weighted by Gasteiger charge is -2.33. The molecule has 1 fully saturated rings. The van der Waals surface area contributed by atoms with Gasteiger partial charge in [0.05, 0.1) is 39.0 Å². The molecule has 9 heteroatoms. The molecule has 2 aromatic heterocycles. The average Bonchev–Trinajstić information content (AvgIpc) is 3.52. The molecule has 3 heterocycles. The average molecular weight is 527 g/mol. The number of halogens is 2. The molecule has 1 aromatic carbocycles. The van der Waals surface area contributed by atoms with Gasteiger partial charge in [-0.3, -0.25) is 5.32 Å². The summed E-state index contributed by atoms with van der Waals surface area (Å²) in [5, 5.41) is 10.4. The largest absolute Gasteiger partial charge is 1.00 e. The molecule has 0 unspecified atom stereocenters. The van der Waals surface area contributed by atoms with Crippen molar-refractivity contribution in [2.45, 2.75) is 0 Å².